The van der Waals surface area contributed by atoms with Crippen LogP contribution in [-0.2, 0) is 9.59 Å². The van der Waals surface area contributed by atoms with Crippen LogP contribution >= 0.6 is 0 Å². The molecule has 0 radical (unpaired) electrons. The smallest absolute Gasteiger partial charge is 0.243 e. The van der Waals surface area contributed by atoms with E-state index in [1.54, 1.807) is 0 Å². The molecule has 1 atom stereocenters. The topological polar surface area (TPSA) is 52.6 Å². The highest BCUT2D eigenvalue weighted by Gasteiger charge is 2.38. The van der Waals surface area contributed by atoms with Crippen LogP contribution in [0.25, 0.3) is 0 Å². The predicted octanol–water partition coefficient (Wildman–Crippen LogP) is 0.598. The van der Waals surface area contributed by atoms with Gasteiger partial charge in [-0.05, 0) is 32.2 Å². The number of carbonyl (C=O) groups excluding carboxylic acids is 2. The number of piperidine rings is 1. The largest absolute Gasteiger partial charge is 0.345 e. The standard InChI is InChI=1S/C14H25N3O2/c1-3-7-16-8-5-11(6-9-16)17-12(4-2)14(19)15-10-13(17)18/h11-12H,3-10H2,1-2H3,(H,15,19). The number of nitrogens with zero attached hydrogens (tertiary/aromatic N) is 2. The molecule has 1 N–H and O–H groups in total. The molecule has 2 aliphatic rings. The molecule has 2 amide bonds. The molecule has 2 fully saturated rings. The SMILES string of the molecule is CCCN1CCC(N2C(=O)CNC(=O)C2CC)CC1. The van der Waals surface area contributed by atoms with Crippen LogP contribution in [0.2, 0.25) is 0 Å². The third kappa shape index (κ3) is 3.08. The van der Waals surface area contributed by atoms with Gasteiger partial charge >= 0.3 is 0 Å². The molecule has 0 spiro atoms. The summed E-state index contributed by atoms with van der Waals surface area (Å²) < 4.78 is 0. The molecule has 19 heavy (non-hydrogen) atoms. The minimum absolute atomic E-state index is 0.0121. The summed E-state index contributed by atoms with van der Waals surface area (Å²) in [5.41, 5.74) is 0. The van der Waals surface area contributed by atoms with Crippen molar-refractivity contribution < 1.29 is 9.59 Å². The van der Waals surface area contributed by atoms with Crippen molar-refractivity contribution >= 4 is 11.8 Å². The van der Waals surface area contributed by atoms with E-state index in [4.69, 9.17) is 0 Å². The van der Waals surface area contributed by atoms with Crippen LogP contribution in [0.15, 0.2) is 0 Å². The molecule has 0 aromatic rings. The van der Waals surface area contributed by atoms with Crippen LogP contribution in [0.3, 0.4) is 0 Å². The predicted molar refractivity (Wildman–Crippen MR) is 73.7 cm³/mol. The van der Waals surface area contributed by atoms with Crippen LogP contribution in [0, 0.1) is 0 Å². The highest BCUT2D eigenvalue weighted by molar-refractivity contribution is 5.94. The summed E-state index contributed by atoms with van der Waals surface area (Å²) in [4.78, 5) is 28.3. The molecule has 0 bridgehead atoms. The minimum atomic E-state index is -0.260. The Bertz CT molecular complexity index is 338. The Balaban J connectivity index is 1.99. The summed E-state index contributed by atoms with van der Waals surface area (Å²) in [5, 5.41) is 2.69. The van der Waals surface area contributed by atoms with E-state index in [9.17, 15) is 9.59 Å². The highest BCUT2D eigenvalue weighted by atomic mass is 16.2. The molecule has 2 rings (SSSR count). The number of hydrogen-bond acceptors (Lipinski definition) is 3. The zero-order valence-corrected chi connectivity index (χ0v) is 12.0. The highest BCUT2D eigenvalue weighted by Crippen LogP contribution is 2.22. The molecule has 2 heterocycles. The fourth-order valence-corrected chi connectivity index (χ4v) is 3.25. The van der Waals surface area contributed by atoms with Crippen molar-refractivity contribution in [2.45, 2.75) is 51.6 Å². The van der Waals surface area contributed by atoms with Gasteiger partial charge in [-0.1, -0.05) is 13.8 Å². The molecule has 2 saturated heterocycles. The van der Waals surface area contributed by atoms with Gasteiger partial charge in [-0.3, -0.25) is 9.59 Å². The average molecular weight is 267 g/mol. The number of piperazine rings is 1. The maximum atomic E-state index is 12.1. The maximum Gasteiger partial charge on any atom is 0.243 e. The summed E-state index contributed by atoms with van der Waals surface area (Å²) in [6, 6.07) is -0.0134. The van der Waals surface area contributed by atoms with Crippen molar-refractivity contribution in [2.24, 2.45) is 0 Å². The lowest BCUT2D eigenvalue weighted by Crippen LogP contribution is -2.62. The molecule has 0 aromatic heterocycles. The van der Waals surface area contributed by atoms with Crippen LogP contribution < -0.4 is 5.32 Å². The van der Waals surface area contributed by atoms with Crippen molar-refractivity contribution in [1.29, 1.82) is 0 Å². The molecule has 5 heteroatoms. The zero-order chi connectivity index (χ0) is 13.8. The van der Waals surface area contributed by atoms with Crippen molar-refractivity contribution in [3.63, 3.8) is 0 Å². The first-order valence-electron chi connectivity index (χ1n) is 7.48. The van der Waals surface area contributed by atoms with Crippen LogP contribution in [0.4, 0.5) is 0 Å². The van der Waals surface area contributed by atoms with Gasteiger partial charge in [0, 0.05) is 19.1 Å². The van der Waals surface area contributed by atoms with E-state index >= 15 is 0 Å². The van der Waals surface area contributed by atoms with E-state index in [0.717, 1.165) is 32.5 Å². The molecule has 108 valence electrons. The number of amides is 2. The summed E-state index contributed by atoms with van der Waals surface area (Å²) in [7, 11) is 0. The van der Waals surface area contributed by atoms with Crippen LogP contribution in [0.1, 0.15) is 39.5 Å². The fourth-order valence-electron chi connectivity index (χ4n) is 3.25. The second kappa shape index (κ2) is 6.37. The minimum Gasteiger partial charge on any atom is -0.345 e. The Morgan fingerprint density at radius 1 is 1.21 bits per heavy atom. The van der Waals surface area contributed by atoms with E-state index < -0.39 is 0 Å². The van der Waals surface area contributed by atoms with E-state index in [2.05, 4.69) is 17.1 Å². The van der Waals surface area contributed by atoms with Gasteiger partial charge in [0.1, 0.15) is 6.04 Å². The number of likely N-dealkylation sites (tertiary alicyclic amines) is 1. The first kappa shape index (κ1) is 14.3. The lowest BCUT2D eigenvalue weighted by atomic mass is 9.98. The van der Waals surface area contributed by atoms with E-state index in [-0.39, 0.29) is 30.4 Å². The summed E-state index contributed by atoms with van der Waals surface area (Å²) in [5.74, 6) is 0.0958. The van der Waals surface area contributed by atoms with E-state index in [1.165, 1.54) is 6.42 Å². The Morgan fingerprint density at radius 3 is 2.47 bits per heavy atom. The van der Waals surface area contributed by atoms with Crippen molar-refractivity contribution in [2.75, 3.05) is 26.2 Å². The van der Waals surface area contributed by atoms with Gasteiger partial charge in [0.25, 0.3) is 0 Å². The third-order valence-corrected chi connectivity index (χ3v) is 4.22. The monoisotopic (exact) mass is 267 g/mol. The Hall–Kier alpha value is -1.10. The quantitative estimate of drug-likeness (QED) is 0.811. The lowest BCUT2D eigenvalue weighted by molar-refractivity contribution is -0.149. The molecular formula is C14H25N3O2. The van der Waals surface area contributed by atoms with Crippen molar-refractivity contribution in [3.05, 3.63) is 0 Å². The number of carbonyl (C=O) groups is 2. The molecule has 1 unspecified atom stereocenters. The van der Waals surface area contributed by atoms with Gasteiger partial charge in [-0.2, -0.15) is 0 Å². The van der Waals surface area contributed by atoms with Gasteiger partial charge in [0.05, 0.1) is 6.54 Å². The Labute approximate surface area is 115 Å². The van der Waals surface area contributed by atoms with E-state index in [0.29, 0.717) is 6.42 Å². The van der Waals surface area contributed by atoms with Crippen molar-refractivity contribution in [3.8, 4) is 0 Å². The first-order chi connectivity index (χ1) is 9.17. The fraction of sp³-hybridized carbons (Fsp3) is 0.857. The normalized spacial score (nSPS) is 26.6. The zero-order valence-electron chi connectivity index (χ0n) is 12.0. The van der Waals surface area contributed by atoms with E-state index in [1.807, 2.05) is 11.8 Å². The summed E-state index contributed by atoms with van der Waals surface area (Å²) >= 11 is 0. The number of nitrogens with one attached hydrogen (secondary N) is 1. The van der Waals surface area contributed by atoms with Gasteiger partial charge < -0.3 is 15.1 Å². The first-order valence-corrected chi connectivity index (χ1v) is 7.48. The van der Waals surface area contributed by atoms with Gasteiger partial charge in [0.2, 0.25) is 11.8 Å². The Morgan fingerprint density at radius 2 is 1.89 bits per heavy atom. The second-order valence-electron chi connectivity index (χ2n) is 5.52. The second-order valence-corrected chi connectivity index (χ2v) is 5.52. The molecule has 0 aliphatic carbocycles. The molecule has 2 aliphatic heterocycles. The van der Waals surface area contributed by atoms with Crippen LogP contribution in [-0.4, -0.2) is 59.9 Å². The lowest BCUT2D eigenvalue weighted by Gasteiger charge is -2.43. The van der Waals surface area contributed by atoms with Crippen molar-refractivity contribution in [1.82, 2.24) is 15.1 Å². The number of rotatable bonds is 4. The average Bonchev–Trinajstić information content (AvgIpc) is 2.42. The van der Waals surface area contributed by atoms with Gasteiger partial charge in [-0.25, -0.2) is 0 Å². The van der Waals surface area contributed by atoms with Gasteiger partial charge in [-0.15, -0.1) is 0 Å². The molecule has 0 aromatic carbocycles. The maximum absolute atomic E-state index is 12.1. The number of hydrogen-bond donors (Lipinski definition) is 1. The molecular weight excluding hydrogens is 242 g/mol. The van der Waals surface area contributed by atoms with Gasteiger partial charge in [0.15, 0.2) is 0 Å². The molecule has 5 nitrogen and oxygen atoms in total. The summed E-state index contributed by atoms with van der Waals surface area (Å²) in [6.07, 6.45) is 3.87. The Kier molecular flexibility index (Phi) is 4.80. The van der Waals surface area contributed by atoms with Crippen LogP contribution in [0.5, 0.6) is 0 Å². The molecule has 0 saturated carbocycles. The third-order valence-electron chi connectivity index (χ3n) is 4.22. The summed E-state index contributed by atoms with van der Waals surface area (Å²) in [6.45, 7) is 7.56.